The average molecular weight is 529 g/mol. The normalized spacial score (nSPS) is 29.2. The Morgan fingerprint density at radius 3 is 1.76 bits per heavy atom. The van der Waals surface area contributed by atoms with Gasteiger partial charge in [-0.15, -0.1) is 0 Å². The Balaban J connectivity index is 0.000000577. The van der Waals surface area contributed by atoms with Crippen LogP contribution >= 0.6 is 0 Å². The van der Waals surface area contributed by atoms with Crippen LogP contribution in [0.2, 0.25) is 0 Å². The highest BCUT2D eigenvalue weighted by molar-refractivity contribution is 5.92. The van der Waals surface area contributed by atoms with Crippen molar-refractivity contribution in [1.82, 2.24) is 0 Å². The van der Waals surface area contributed by atoms with Gasteiger partial charge in [-0.25, -0.2) is 0 Å². The van der Waals surface area contributed by atoms with Crippen molar-refractivity contribution in [2.24, 2.45) is 35.5 Å². The van der Waals surface area contributed by atoms with E-state index in [2.05, 4.69) is 46.3 Å². The van der Waals surface area contributed by atoms with Crippen molar-refractivity contribution in [1.29, 1.82) is 0 Å². The summed E-state index contributed by atoms with van der Waals surface area (Å²) < 4.78 is 9.57. The predicted octanol–water partition coefficient (Wildman–Crippen LogP) is 5.78. The molecule has 0 bridgehead atoms. The Labute approximate surface area is 223 Å². The maximum atomic E-state index is 11.6. The van der Waals surface area contributed by atoms with Crippen molar-refractivity contribution in [3.8, 4) is 0 Å². The molecule has 1 saturated heterocycles. The highest BCUT2D eigenvalue weighted by Gasteiger charge is 2.33. The van der Waals surface area contributed by atoms with E-state index < -0.39 is 17.9 Å². The number of carboxylic acids is 1. The molecule has 0 aromatic carbocycles. The van der Waals surface area contributed by atoms with Crippen molar-refractivity contribution in [2.45, 2.75) is 125 Å². The Hall–Kier alpha value is -1.96. The first-order valence-corrected chi connectivity index (χ1v) is 13.6. The molecule has 0 radical (unpaired) electrons. The molecule has 1 heterocycles. The number of esters is 3. The van der Waals surface area contributed by atoms with Crippen molar-refractivity contribution in [3.63, 3.8) is 0 Å². The number of carboxylic acid groups (broad SMARTS) is 1. The molecule has 37 heavy (non-hydrogen) atoms. The minimum absolute atomic E-state index is 0. The molecule has 2 aliphatic carbocycles. The van der Waals surface area contributed by atoms with E-state index in [4.69, 9.17) is 9.84 Å². The zero-order chi connectivity index (χ0) is 27.4. The minimum atomic E-state index is -0.954. The molecule has 0 aromatic rings. The first-order chi connectivity index (χ1) is 16.8. The van der Waals surface area contributed by atoms with E-state index >= 15 is 0 Å². The molecular weight excluding hydrogens is 476 g/mol. The highest BCUT2D eigenvalue weighted by atomic mass is 16.6. The van der Waals surface area contributed by atoms with Crippen LogP contribution in [0.5, 0.6) is 0 Å². The van der Waals surface area contributed by atoms with Gasteiger partial charge >= 0.3 is 23.9 Å². The summed E-state index contributed by atoms with van der Waals surface area (Å²) in [5.74, 6) is 1.31. The van der Waals surface area contributed by atoms with E-state index in [-0.39, 0.29) is 51.3 Å². The summed E-state index contributed by atoms with van der Waals surface area (Å²) in [6, 6.07) is 0. The second kappa shape index (κ2) is 17.5. The molecule has 3 rings (SSSR count). The number of cyclic esters (lactones) is 2. The summed E-state index contributed by atoms with van der Waals surface area (Å²) in [6.45, 7) is 13.1. The third-order valence-corrected chi connectivity index (χ3v) is 7.54. The number of carbonyl (C=O) groups excluding carboxylic acids is 3. The van der Waals surface area contributed by atoms with Crippen molar-refractivity contribution in [2.75, 3.05) is 0 Å². The molecule has 6 atom stereocenters. The van der Waals surface area contributed by atoms with Gasteiger partial charge in [0.2, 0.25) is 0 Å². The third-order valence-electron chi connectivity index (χ3n) is 7.54. The lowest BCUT2D eigenvalue weighted by molar-refractivity contribution is -0.158. The molecule has 0 spiro atoms. The standard InChI is InChI=1S/C14H24O4.C10H20O.C4H4O3.CH4/c1-9(2)11-5-4-10(3)8-12(11)18-14(17)7-6-13(15)16;1-7(2)9-5-4-8(3)6-10(9)11;5-3-1-2-4(6)7-3;/h9-12H,4-8H2,1-3H3,(H,15,16);7-11H,4-6H2,1-3H3;1-2H2;1H4/t10-,11+,12+;8-,9+,10+;;/m11../s1. The van der Waals surface area contributed by atoms with E-state index in [1.807, 2.05) is 0 Å². The Bertz CT molecular complexity index is 703. The van der Waals surface area contributed by atoms with Gasteiger partial charge in [-0.05, 0) is 61.2 Å². The first kappa shape index (κ1) is 35.0. The number of ether oxygens (including phenoxy) is 2. The topological polar surface area (TPSA) is 127 Å². The average Bonchev–Trinajstić information content (AvgIpc) is 3.15. The lowest BCUT2D eigenvalue weighted by atomic mass is 9.75. The number of rotatable bonds is 6. The van der Waals surface area contributed by atoms with Gasteiger partial charge in [-0.3, -0.25) is 19.2 Å². The molecule has 3 aliphatic rings. The quantitative estimate of drug-likeness (QED) is 0.328. The van der Waals surface area contributed by atoms with E-state index in [0.717, 1.165) is 25.2 Å². The van der Waals surface area contributed by atoms with Crippen LogP contribution in [0.4, 0.5) is 0 Å². The van der Waals surface area contributed by atoms with Crippen molar-refractivity contribution in [3.05, 3.63) is 0 Å². The predicted molar refractivity (Wildman–Crippen MR) is 143 cm³/mol. The van der Waals surface area contributed by atoms with E-state index in [1.165, 1.54) is 19.3 Å². The van der Waals surface area contributed by atoms with Crippen LogP contribution in [0.15, 0.2) is 0 Å². The largest absolute Gasteiger partial charge is 0.481 e. The Kier molecular flexibility index (Phi) is 16.6. The van der Waals surface area contributed by atoms with E-state index in [9.17, 15) is 24.3 Å². The van der Waals surface area contributed by atoms with Gasteiger partial charge in [0.05, 0.1) is 31.8 Å². The summed E-state index contributed by atoms with van der Waals surface area (Å²) in [5, 5.41) is 18.3. The minimum Gasteiger partial charge on any atom is -0.481 e. The summed E-state index contributed by atoms with van der Waals surface area (Å²) in [4.78, 5) is 42.0. The number of hydrogen-bond donors (Lipinski definition) is 2. The van der Waals surface area contributed by atoms with Gasteiger partial charge in [0.1, 0.15) is 6.10 Å². The summed E-state index contributed by atoms with van der Waals surface area (Å²) in [5.41, 5.74) is 0. The fourth-order valence-corrected chi connectivity index (χ4v) is 5.27. The molecule has 8 nitrogen and oxygen atoms in total. The Morgan fingerprint density at radius 2 is 1.35 bits per heavy atom. The maximum absolute atomic E-state index is 11.6. The number of aliphatic carboxylic acids is 1. The van der Waals surface area contributed by atoms with Gasteiger partial charge in [0.25, 0.3) is 0 Å². The monoisotopic (exact) mass is 528 g/mol. The number of aliphatic hydroxyl groups excluding tert-OH is 1. The molecule has 2 N–H and O–H groups in total. The summed E-state index contributed by atoms with van der Waals surface area (Å²) >= 11 is 0. The van der Waals surface area contributed by atoms with Crippen LogP contribution in [0.25, 0.3) is 0 Å². The number of carbonyl (C=O) groups is 4. The molecule has 216 valence electrons. The van der Waals surface area contributed by atoms with Gasteiger partial charge in [-0.1, -0.05) is 61.8 Å². The number of aliphatic hydroxyl groups is 1. The molecule has 2 saturated carbocycles. The molecule has 1 aliphatic heterocycles. The summed E-state index contributed by atoms with van der Waals surface area (Å²) in [6.07, 6.45) is 7.02. The van der Waals surface area contributed by atoms with Gasteiger partial charge in [0, 0.05) is 0 Å². The van der Waals surface area contributed by atoms with Crippen LogP contribution < -0.4 is 0 Å². The highest BCUT2D eigenvalue weighted by Crippen LogP contribution is 2.35. The molecule has 8 heteroatoms. The summed E-state index contributed by atoms with van der Waals surface area (Å²) in [7, 11) is 0. The third kappa shape index (κ3) is 14.0. The molecule has 3 fully saturated rings. The Morgan fingerprint density at radius 1 is 0.865 bits per heavy atom. The van der Waals surface area contributed by atoms with Crippen molar-refractivity contribution < 1.29 is 38.9 Å². The number of hydrogen-bond acceptors (Lipinski definition) is 7. The van der Waals surface area contributed by atoms with Crippen molar-refractivity contribution >= 4 is 23.9 Å². The van der Waals surface area contributed by atoms with E-state index in [0.29, 0.717) is 29.6 Å². The van der Waals surface area contributed by atoms with Crippen LogP contribution in [0, 0.1) is 35.5 Å². The lowest BCUT2D eigenvalue weighted by Gasteiger charge is -2.36. The van der Waals surface area contributed by atoms with E-state index in [1.54, 1.807) is 0 Å². The smallest absolute Gasteiger partial charge is 0.314 e. The maximum Gasteiger partial charge on any atom is 0.314 e. The fourth-order valence-electron chi connectivity index (χ4n) is 5.27. The van der Waals surface area contributed by atoms with Gasteiger partial charge in [0.15, 0.2) is 0 Å². The van der Waals surface area contributed by atoms with Gasteiger partial charge in [-0.2, -0.15) is 0 Å². The van der Waals surface area contributed by atoms with Crippen LogP contribution in [-0.2, 0) is 28.7 Å². The zero-order valence-electron chi connectivity index (χ0n) is 23.0. The molecule has 0 aromatic heterocycles. The van der Waals surface area contributed by atoms with Crippen LogP contribution in [0.3, 0.4) is 0 Å². The zero-order valence-corrected chi connectivity index (χ0v) is 23.0. The lowest BCUT2D eigenvalue weighted by Crippen LogP contribution is -2.35. The second-order valence-corrected chi connectivity index (χ2v) is 11.5. The fraction of sp³-hybridized carbons (Fsp3) is 0.862. The molecule has 0 amide bonds. The van der Waals surface area contributed by atoms with Crippen LogP contribution in [0.1, 0.15) is 113 Å². The van der Waals surface area contributed by atoms with Crippen LogP contribution in [-0.4, -0.2) is 46.3 Å². The molecule has 0 unspecified atom stereocenters. The molecular formula is C29H52O8. The van der Waals surface area contributed by atoms with Gasteiger partial charge < -0.3 is 19.7 Å². The second-order valence-electron chi connectivity index (χ2n) is 11.5. The SMILES string of the molecule is C.CC(C)[C@@H]1CC[C@@H](C)C[C@@H]1O.CC(C)[C@@H]1CC[C@@H](C)C[C@@H]1OC(=O)CCC(=O)O.O=C1CCC(=O)O1. The first-order valence-electron chi connectivity index (χ1n) is 13.6.